The third-order valence-electron chi connectivity index (χ3n) is 0.928. The van der Waals surface area contributed by atoms with E-state index in [1.54, 1.807) is 0 Å². The molecule has 0 spiro atoms. The van der Waals surface area contributed by atoms with Gasteiger partial charge in [-0.05, 0) is 19.0 Å². The molecular formula is C5H9N2. The number of nitrogens with one attached hydrogen (secondary N) is 1. The standard InChI is InChI=1S/C5H9N.N/c1-2-4-6-5-3-1;/h2,4,6H,1,3,5H2;. The smallest absolute Gasteiger partial charge is 0.0144 e. The highest BCUT2D eigenvalue weighted by molar-refractivity contribution is 4.83. The van der Waals surface area contributed by atoms with Gasteiger partial charge in [-0.3, -0.25) is 0 Å². The molecule has 0 saturated heterocycles. The molecule has 0 atom stereocenters. The number of rotatable bonds is 0. The zero-order valence-electron chi connectivity index (χ0n) is 4.22. The molecule has 0 aliphatic carbocycles. The van der Waals surface area contributed by atoms with Crippen LogP contribution in [0.15, 0.2) is 12.3 Å². The fourth-order valence-corrected chi connectivity index (χ4v) is 0.572. The number of allylic oxidation sites excluding steroid dienone is 1. The molecule has 0 saturated carbocycles. The molecule has 2 nitrogen and oxygen atoms in total. The molecule has 0 fully saturated rings. The molecule has 0 aromatic heterocycles. The fraction of sp³-hybridized carbons (Fsp3) is 0.600. The van der Waals surface area contributed by atoms with Crippen LogP contribution in [0.1, 0.15) is 12.8 Å². The minimum absolute atomic E-state index is 0. The Bertz CT molecular complexity index is 51.1. The lowest BCUT2D eigenvalue weighted by molar-refractivity contribution is 0.728. The molecule has 1 rings (SSSR count). The van der Waals surface area contributed by atoms with Gasteiger partial charge in [-0.1, -0.05) is 6.08 Å². The maximum atomic E-state index is 3.10. The van der Waals surface area contributed by atoms with Crippen molar-refractivity contribution in [1.29, 1.82) is 0 Å². The summed E-state index contributed by atoms with van der Waals surface area (Å²) in [7, 11) is 0. The summed E-state index contributed by atoms with van der Waals surface area (Å²) in [5, 5.41) is 3.10. The maximum absolute atomic E-state index is 3.10. The molecule has 0 unspecified atom stereocenters. The van der Waals surface area contributed by atoms with E-state index in [0.717, 1.165) is 6.54 Å². The molecule has 0 aromatic rings. The van der Waals surface area contributed by atoms with E-state index >= 15 is 0 Å². The first-order valence-corrected chi connectivity index (χ1v) is 2.38. The second kappa shape index (κ2) is 3.68. The van der Waals surface area contributed by atoms with Gasteiger partial charge < -0.3 is 5.32 Å². The van der Waals surface area contributed by atoms with E-state index in [4.69, 9.17) is 0 Å². The largest absolute Gasteiger partial charge is 0.391 e. The minimum Gasteiger partial charge on any atom is -0.391 e. The van der Waals surface area contributed by atoms with Crippen molar-refractivity contribution >= 4 is 0 Å². The summed E-state index contributed by atoms with van der Waals surface area (Å²) < 4.78 is 0. The van der Waals surface area contributed by atoms with Gasteiger partial charge in [0.25, 0.3) is 0 Å². The SMILES string of the molecule is C1=CNCCC1.[N]. The van der Waals surface area contributed by atoms with E-state index in [9.17, 15) is 0 Å². The molecule has 0 amide bonds. The second-order valence-corrected chi connectivity index (χ2v) is 1.50. The minimum atomic E-state index is 0. The lowest BCUT2D eigenvalue weighted by atomic mass is 10.2. The van der Waals surface area contributed by atoms with Crippen LogP contribution in [0.5, 0.6) is 0 Å². The summed E-state index contributed by atoms with van der Waals surface area (Å²) in [6.07, 6.45) is 6.73. The van der Waals surface area contributed by atoms with Crippen molar-refractivity contribution in [3.63, 3.8) is 0 Å². The summed E-state index contributed by atoms with van der Waals surface area (Å²) in [6.45, 7) is 1.16. The first-order chi connectivity index (χ1) is 3.00. The van der Waals surface area contributed by atoms with E-state index in [0.29, 0.717) is 0 Å². The Kier molecular flexibility index (Phi) is 3.42. The van der Waals surface area contributed by atoms with Crippen LogP contribution in [0.25, 0.3) is 0 Å². The second-order valence-electron chi connectivity index (χ2n) is 1.50. The Labute approximate surface area is 44.2 Å². The zero-order chi connectivity index (χ0) is 4.24. The van der Waals surface area contributed by atoms with Crippen LogP contribution in [0.4, 0.5) is 0 Å². The molecule has 1 heterocycles. The van der Waals surface area contributed by atoms with E-state index < -0.39 is 0 Å². The molecule has 1 N–H and O–H groups in total. The fourth-order valence-electron chi connectivity index (χ4n) is 0.572. The predicted octanol–water partition coefficient (Wildman–Crippen LogP) is 0.403. The lowest BCUT2D eigenvalue weighted by Crippen LogP contribution is -2.09. The van der Waals surface area contributed by atoms with Gasteiger partial charge in [0.05, 0.1) is 0 Å². The van der Waals surface area contributed by atoms with Crippen LogP contribution < -0.4 is 11.5 Å². The molecule has 1 aliphatic heterocycles. The molecule has 0 aromatic carbocycles. The van der Waals surface area contributed by atoms with Gasteiger partial charge in [-0.2, -0.15) is 0 Å². The van der Waals surface area contributed by atoms with Gasteiger partial charge in [0, 0.05) is 12.7 Å². The van der Waals surface area contributed by atoms with Crippen LogP contribution in [0.3, 0.4) is 0 Å². The molecule has 0 bridgehead atoms. The average molecular weight is 97.1 g/mol. The Morgan fingerprint density at radius 2 is 2.29 bits per heavy atom. The molecule has 3 radical (unpaired) electrons. The van der Waals surface area contributed by atoms with Gasteiger partial charge >= 0.3 is 0 Å². The van der Waals surface area contributed by atoms with E-state index in [1.165, 1.54) is 12.8 Å². The Hall–Kier alpha value is -0.500. The number of nitrogens with zero attached hydrogens (tertiary/aromatic N) is 1. The average Bonchev–Trinajstić information content (AvgIpc) is 1.72. The third-order valence-corrected chi connectivity index (χ3v) is 0.928. The monoisotopic (exact) mass is 97.1 g/mol. The quantitative estimate of drug-likeness (QED) is 0.467. The summed E-state index contributed by atoms with van der Waals surface area (Å²) in [5.74, 6) is 0. The van der Waals surface area contributed by atoms with Gasteiger partial charge in [-0.15, -0.1) is 0 Å². The van der Waals surface area contributed by atoms with Crippen molar-refractivity contribution in [2.75, 3.05) is 6.54 Å². The van der Waals surface area contributed by atoms with Crippen molar-refractivity contribution in [2.24, 2.45) is 0 Å². The molecule has 39 valence electrons. The third kappa shape index (κ3) is 2.23. The molecular weight excluding hydrogens is 88.1 g/mol. The Balaban J connectivity index is 0.000000360. The first-order valence-electron chi connectivity index (χ1n) is 2.38. The van der Waals surface area contributed by atoms with Gasteiger partial charge in [0.2, 0.25) is 0 Å². The van der Waals surface area contributed by atoms with Gasteiger partial charge in [-0.25, -0.2) is 0 Å². The highest BCUT2D eigenvalue weighted by Gasteiger charge is 1.84. The number of hydrogen-bond acceptors (Lipinski definition) is 1. The highest BCUT2D eigenvalue weighted by atomic mass is 14.8. The van der Waals surface area contributed by atoms with Gasteiger partial charge in [0.15, 0.2) is 0 Å². The van der Waals surface area contributed by atoms with Crippen molar-refractivity contribution in [1.82, 2.24) is 11.5 Å². The molecule has 7 heavy (non-hydrogen) atoms. The Morgan fingerprint density at radius 3 is 2.43 bits per heavy atom. The summed E-state index contributed by atoms with van der Waals surface area (Å²) in [5.41, 5.74) is 0. The van der Waals surface area contributed by atoms with Crippen molar-refractivity contribution in [3.8, 4) is 0 Å². The van der Waals surface area contributed by atoms with Crippen LogP contribution in [-0.4, -0.2) is 6.54 Å². The van der Waals surface area contributed by atoms with Crippen LogP contribution >= 0.6 is 0 Å². The lowest BCUT2D eigenvalue weighted by Gasteiger charge is -2.02. The summed E-state index contributed by atoms with van der Waals surface area (Å²) in [4.78, 5) is 0. The molecule has 2 heteroatoms. The summed E-state index contributed by atoms with van der Waals surface area (Å²) >= 11 is 0. The van der Waals surface area contributed by atoms with Crippen LogP contribution in [-0.2, 0) is 0 Å². The maximum Gasteiger partial charge on any atom is 0.0144 e. The molecule has 1 aliphatic rings. The zero-order valence-corrected chi connectivity index (χ0v) is 4.22. The van der Waals surface area contributed by atoms with E-state index in [2.05, 4.69) is 11.4 Å². The summed E-state index contributed by atoms with van der Waals surface area (Å²) in [6, 6.07) is 0. The predicted molar refractivity (Wildman–Crippen MR) is 28.5 cm³/mol. The topological polar surface area (TPSA) is 42.5 Å². The number of hydrogen-bond donors (Lipinski definition) is 1. The van der Waals surface area contributed by atoms with E-state index in [1.807, 2.05) is 6.20 Å². The normalized spacial score (nSPS) is 17.1. The van der Waals surface area contributed by atoms with Crippen molar-refractivity contribution in [3.05, 3.63) is 12.3 Å². The highest BCUT2D eigenvalue weighted by Crippen LogP contribution is 1.91. The van der Waals surface area contributed by atoms with Crippen molar-refractivity contribution < 1.29 is 0 Å². The van der Waals surface area contributed by atoms with E-state index in [-0.39, 0.29) is 6.15 Å². The Morgan fingerprint density at radius 1 is 1.43 bits per heavy atom. The van der Waals surface area contributed by atoms with Gasteiger partial charge in [0.1, 0.15) is 0 Å². The van der Waals surface area contributed by atoms with Crippen molar-refractivity contribution in [2.45, 2.75) is 12.8 Å². The first kappa shape index (κ1) is 6.50. The van der Waals surface area contributed by atoms with Crippen LogP contribution in [0, 0.1) is 0 Å². The van der Waals surface area contributed by atoms with Crippen LogP contribution in [0.2, 0.25) is 0 Å².